The van der Waals surface area contributed by atoms with Crippen LogP contribution in [0.25, 0.3) is 5.69 Å². The fourth-order valence-electron chi connectivity index (χ4n) is 3.29. The lowest BCUT2D eigenvalue weighted by Gasteiger charge is -2.36. The van der Waals surface area contributed by atoms with Gasteiger partial charge in [-0.05, 0) is 23.8 Å². The number of ether oxygens (including phenoxy) is 1. The highest BCUT2D eigenvalue weighted by molar-refractivity contribution is 5.46. The van der Waals surface area contributed by atoms with E-state index in [1.807, 2.05) is 29.4 Å². The van der Waals surface area contributed by atoms with Gasteiger partial charge in [0.2, 0.25) is 5.88 Å². The van der Waals surface area contributed by atoms with Gasteiger partial charge in [-0.3, -0.25) is 4.90 Å². The summed E-state index contributed by atoms with van der Waals surface area (Å²) in [6, 6.07) is 12.7. The van der Waals surface area contributed by atoms with Gasteiger partial charge in [0.1, 0.15) is 0 Å². The highest BCUT2D eigenvalue weighted by Gasteiger charge is 2.17. The number of benzene rings is 1. The molecule has 1 aromatic carbocycles. The van der Waals surface area contributed by atoms with E-state index in [9.17, 15) is 0 Å². The molecule has 1 aliphatic rings. The molecule has 0 aliphatic carbocycles. The van der Waals surface area contributed by atoms with Crippen molar-refractivity contribution in [2.24, 2.45) is 0 Å². The topological polar surface area (TPSA) is 46.4 Å². The first-order chi connectivity index (χ1) is 12.8. The van der Waals surface area contributed by atoms with Crippen molar-refractivity contribution in [3.8, 4) is 11.6 Å². The number of imidazole rings is 1. The Morgan fingerprint density at radius 2 is 1.73 bits per heavy atom. The van der Waals surface area contributed by atoms with Crippen LogP contribution >= 0.6 is 0 Å². The van der Waals surface area contributed by atoms with E-state index < -0.39 is 0 Å². The van der Waals surface area contributed by atoms with Gasteiger partial charge in [-0.1, -0.05) is 12.1 Å². The van der Waals surface area contributed by atoms with Crippen LogP contribution in [-0.2, 0) is 6.54 Å². The van der Waals surface area contributed by atoms with Gasteiger partial charge in [0, 0.05) is 56.9 Å². The number of anilines is 1. The fourth-order valence-corrected chi connectivity index (χ4v) is 3.29. The zero-order valence-electron chi connectivity index (χ0n) is 15.0. The summed E-state index contributed by atoms with van der Waals surface area (Å²) in [5.74, 6) is 0.659. The Morgan fingerprint density at radius 3 is 2.35 bits per heavy atom. The summed E-state index contributed by atoms with van der Waals surface area (Å²) in [5, 5.41) is 0. The first kappa shape index (κ1) is 16.6. The molecule has 3 aromatic rings. The molecule has 1 saturated heterocycles. The minimum atomic E-state index is 0.659. The monoisotopic (exact) mass is 349 g/mol. The Morgan fingerprint density at radius 1 is 0.962 bits per heavy atom. The van der Waals surface area contributed by atoms with Crippen LogP contribution in [-0.4, -0.2) is 52.7 Å². The molecule has 0 spiro atoms. The standard InChI is InChI=1S/C20H23N5O/c1-26-20-7-6-19(14-22-20)24-12-10-23(11-13-24)15-17-2-4-18(5-3-17)25-9-8-21-16-25/h2-9,14,16H,10-13,15H2,1H3. The molecule has 0 atom stereocenters. The zero-order chi connectivity index (χ0) is 17.8. The molecule has 0 radical (unpaired) electrons. The van der Waals surface area contributed by atoms with Crippen LogP contribution in [0.5, 0.6) is 5.88 Å². The van der Waals surface area contributed by atoms with E-state index in [1.165, 1.54) is 5.56 Å². The molecular weight excluding hydrogens is 326 g/mol. The number of pyridine rings is 1. The van der Waals surface area contributed by atoms with Gasteiger partial charge in [0.05, 0.1) is 25.3 Å². The number of methoxy groups -OCH3 is 1. The van der Waals surface area contributed by atoms with Gasteiger partial charge < -0.3 is 14.2 Å². The number of hydrogen-bond acceptors (Lipinski definition) is 5. The molecule has 0 N–H and O–H groups in total. The second kappa shape index (κ2) is 7.58. The molecule has 134 valence electrons. The van der Waals surface area contributed by atoms with Gasteiger partial charge in [-0.2, -0.15) is 0 Å². The summed E-state index contributed by atoms with van der Waals surface area (Å²) in [6.45, 7) is 5.12. The molecule has 1 aliphatic heterocycles. The quantitative estimate of drug-likeness (QED) is 0.709. The minimum absolute atomic E-state index is 0.659. The highest BCUT2D eigenvalue weighted by Crippen LogP contribution is 2.19. The fraction of sp³-hybridized carbons (Fsp3) is 0.300. The minimum Gasteiger partial charge on any atom is -0.481 e. The second-order valence-corrected chi connectivity index (χ2v) is 6.46. The number of nitrogens with zero attached hydrogens (tertiary/aromatic N) is 5. The lowest BCUT2D eigenvalue weighted by atomic mass is 10.1. The van der Waals surface area contributed by atoms with E-state index in [4.69, 9.17) is 4.74 Å². The molecule has 4 rings (SSSR count). The van der Waals surface area contributed by atoms with Crippen LogP contribution in [0.1, 0.15) is 5.56 Å². The van der Waals surface area contributed by atoms with E-state index in [1.54, 1.807) is 13.3 Å². The highest BCUT2D eigenvalue weighted by atomic mass is 16.5. The molecule has 2 aromatic heterocycles. The summed E-state index contributed by atoms with van der Waals surface area (Å²) < 4.78 is 7.15. The van der Waals surface area contributed by atoms with Crippen LogP contribution < -0.4 is 9.64 Å². The predicted octanol–water partition coefficient (Wildman–Crippen LogP) is 2.60. The first-order valence-corrected chi connectivity index (χ1v) is 8.86. The SMILES string of the molecule is COc1ccc(N2CCN(Cc3ccc(-n4ccnc4)cc3)CC2)cn1. The maximum absolute atomic E-state index is 5.13. The van der Waals surface area contributed by atoms with Crippen LogP contribution in [0.3, 0.4) is 0 Å². The molecule has 6 heteroatoms. The normalized spacial score (nSPS) is 15.2. The first-order valence-electron chi connectivity index (χ1n) is 8.86. The summed E-state index contributed by atoms with van der Waals surface area (Å²) in [4.78, 5) is 13.3. The van der Waals surface area contributed by atoms with Crippen molar-refractivity contribution >= 4 is 5.69 Å². The summed E-state index contributed by atoms with van der Waals surface area (Å²) in [7, 11) is 1.64. The molecule has 0 unspecified atom stereocenters. The molecular formula is C20H23N5O. The zero-order valence-corrected chi connectivity index (χ0v) is 15.0. The Kier molecular flexibility index (Phi) is 4.84. The molecule has 26 heavy (non-hydrogen) atoms. The third-order valence-electron chi connectivity index (χ3n) is 4.81. The lowest BCUT2D eigenvalue weighted by molar-refractivity contribution is 0.250. The van der Waals surface area contributed by atoms with Crippen molar-refractivity contribution in [3.63, 3.8) is 0 Å². The van der Waals surface area contributed by atoms with Gasteiger partial charge in [0.15, 0.2) is 0 Å². The molecule has 3 heterocycles. The van der Waals surface area contributed by atoms with E-state index in [0.29, 0.717) is 5.88 Å². The van der Waals surface area contributed by atoms with Gasteiger partial charge in [0.25, 0.3) is 0 Å². The lowest BCUT2D eigenvalue weighted by Crippen LogP contribution is -2.46. The van der Waals surface area contributed by atoms with Crippen molar-refractivity contribution in [1.82, 2.24) is 19.4 Å². The van der Waals surface area contributed by atoms with Crippen molar-refractivity contribution in [3.05, 3.63) is 66.9 Å². The molecule has 0 bridgehead atoms. The maximum Gasteiger partial charge on any atom is 0.213 e. The Hall–Kier alpha value is -2.86. The van der Waals surface area contributed by atoms with Crippen LogP contribution in [0.2, 0.25) is 0 Å². The average Bonchev–Trinajstić information content (AvgIpc) is 3.24. The van der Waals surface area contributed by atoms with Crippen LogP contribution in [0.15, 0.2) is 61.3 Å². The Balaban J connectivity index is 1.32. The Bertz CT molecular complexity index is 806. The van der Waals surface area contributed by atoms with Gasteiger partial charge >= 0.3 is 0 Å². The number of rotatable bonds is 5. The van der Waals surface area contributed by atoms with E-state index in [-0.39, 0.29) is 0 Å². The summed E-state index contributed by atoms with van der Waals surface area (Å²) in [6.07, 6.45) is 7.47. The average molecular weight is 349 g/mol. The van der Waals surface area contributed by atoms with E-state index in [2.05, 4.69) is 50.1 Å². The van der Waals surface area contributed by atoms with Crippen molar-refractivity contribution in [2.45, 2.75) is 6.54 Å². The van der Waals surface area contributed by atoms with Gasteiger partial charge in [-0.15, -0.1) is 0 Å². The van der Waals surface area contributed by atoms with Crippen LogP contribution in [0.4, 0.5) is 5.69 Å². The molecule has 6 nitrogen and oxygen atoms in total. The Labute approximate surface area is 153 Å². The van der Waals surface area contributed by atoms with E-state index >= 15 is 0 Å². The molecule has 0 amide bonds. The number of aromatic nitrogens is 3. The third kappa shape index (κ3) is 3.70. The van der Waals surface area contributed by atoms with E-state index in [0.717, 1.165) is 44.1 Å². The molecule has 1 fully saturated rings. The number of piperazine rings is 1. The van der Waals surface area contributed by atoms with Gasteiger partial charge in [-0.25, -0.2) is 9.97 Å². The van der Waals surface area contributed by atoms with Crippen molar-refractivity contribution < 1.29 is 4.74 Å². The predicted molar refractivity (Wildman–Crippen MR) is 102 cm³/mol. The molecule has 0 saturated carbocycles. The summed E-state index contributed by atoms with van der Waals surface area (Å²) in [5.41, 5.74) is 3.65. The van der Waals surface area contributed by atoms with Crippen molar-refractivity contribution in [1.29, 1.82) is 0 Å². The second-order valence-electron chi connectivity index (χ2n) is 6.46. The summed E-state index contributed by atoms with van der Waals surface area (Å²) >= 11 is 0. The smallest absolute Gasteiger partial charge is 0.213 e. The number of hydrogen-bond donors (Lipinski definition) is 0. The largest absolute Gasteiger partial charge is 0.481 e. The van der Waals surface area contributed by atoms with Crippen LogP contribution in [0, 0.1) is 0 Å². The maximum atomic E-state index is 5.13. The van der Waals surface area contributed by atoms with Crippen molar-refractivity contribution in [2.75, 3.05) is 38.2 Å². The third-order valence-corrected chi connectivity index (χ3v) is 4.81.